The summed E-state index contributed by atoms with van der Waals surface area (Å²) >= 11 is 0. The van der Waals surface area contributed by atoms with Crippen molar-refractivity contribution < 1.29 is 13.7 Å². The molecule has 8 nitrogen and oxygen atoms in total. The van der Waals surface area contributed by atoms with Gasteiger partial charge in [-0.05, 0) is 29.3 Å². The third-order valence-electron chi connectivity index (χ3n) is 5.99. The highest BCUT2D eigenvalue weighted by atomic mass is 19.1. The molecule has 2 aliphatic heterocycles. The van der Waals surface area contributed by atoms with Crippen LogP contribution >= 0.6 is 0 Å². The molecule has 6 rings (SSSR count). The summed E-state index contributed by atoms with van der Waals surface area (Å²) in [6, 6.07) is 12.5. The van der Waals surface area contributed by atoms with Gasteiger partial charge < -0.3 is 9.42 Å². The molecule has 1 amide bonds. The van der Waals surface area contributed by atoms with Crippen LogP contribution in [0.3, 0.4) is 0 Å². The van der Waals surface area contributed by atoms with Gasteiger partial charge >= 0.3 is 0 Å². The third kappa shape index (κ3) is 3.01. The van der Waals surface area contributed by atoms with Crippen LogP contribution in [0, 0.1) is 5.82 Å². The summed E-state index contributed by atoms with van der Waals surface area (Å²) < 4.78 is 21.1. The molecule has 0 aliphatic carbocycles. The van der Waals surface area contributed by atoms with Gasteiger partial charge in [0.15, 0.2) is 11.5 Å². The van der Waals surface area contributed by atoms with E-state index in [1.54, 1.807) is 24.0 Å². The second-order valence-corrected chi connectivity index (χ2v) is 8.16. The minimum Gasteiger partial charge on any atom is -0.336 e. The molecule has 0 unspecified atom stereocenters. The fourth-order valence-corrected chi connectivity index (χ4v) is 4.43. The zero-order chi connectivity index (χ0) is 21.8. The van der Waals surface area contributed by atoms with Gasteiger partial charge in [0.2, 0.25) is 0 Å². The smallest absolute Gasteiger partial charge is 0.278 e. The average molecular weight is 430 g/mol. The summed E-state index contributed by atoms with van der Waals surface area (Å²) in [4.78, 5) is 25.6. The zero-order valence-electron chi connectivity index (χ0n) is 17.3. The Hall–Kier alpha value is -3.85. The molecule has 9 heteroatoms. The van der Waals surface area contributed by atoms with E-state index in [4.69, 9.17) is 4.52 Å². The molecule has 2 aliphatic rings. The summed E-state index contributed by atoms with van der Waals surface area (Å²) in [6.45, 7) is 2.54. The predicted octanol–water partition coefficient (Wildman–Crippen LogP) is 3.16. The zero-order valence-corrected chi connectivity index (χ0v) is 17.3. The standard InChI is InChI=1S/C23H19FN6O2/c1-28-11-19-21(25-13-30(19)18-7-6-16(24)8-17(18)23(28)31)22-26-20(27-32-22)12-29-9-14-4-2-3-5-15(14)10-29/h2-8,13H,9-12H2,1H3. The van der Waals surface area contributed by atoms with Gasteiger partial charge in [0.25, 0.3) is 11.8 Å². The molecule has 0 fully saturated rings. The Labute approximate surface area is 182 Å². The Morgan fingerprint density at radius 2 is 1.88 bits per heavy atom. The minimum absolute atomic E-state index is 0.256. The molecule has 0 spiro atoms. The first-order chi connectivity index (χ1) is 15.6. The molecule has 0 bridgehead atoms. The van der Waals surface area contributed by atoms with Crippen LogP contribution < -0.4 is 0 Å². The quantitative estimate of drug-likeness (QED) is 0.497. The second kappa shape index (κ2) is 7.10. The Morgan fingerprint density at radius 3 is 2.66 bits per heavy atom. The van der Waals surface area contributed by atoms with E-state index >= 15 is 0 Å². The molecule has 2 aromatic carbocycles. The van der Waals surface area contributed by atoms with Crippen LogP contribution in [-0.2, 0) is 26.2 Å². The highest BCUT2D eigenvalue weighted by Crippen LogP contribution is 2.30. The van der Waals surface area contributed by atoms with Crippen molar-refractivity contribution in [3.05, 3.63) is 82.8 Å². The number of amides is 1. The maximum absolute atomic E-state index is 13.8. The number of fused-ring (bicyclic) bond motifs is 4. The Kier molecular flexibility index (Phi) is 4.19. The van der Waals surface area contributed by atoms with Gasteiger partial charge in [0, 0.05) is 20.1 Å². The number of halogens is 1. The molecule has 0 atom stereocenters. The van der Waals surface area contributed by atoms with Crippen molar-refractivity contribution in [3.63, 3.8) is 0 Å². The van der Waals surface area contributed by atoms with Crippen molar-refractivity contribution in [2.24, 2.45) is 0 Å². The molecule has 32 heavy (non-hydrogen) atoms. The number of benzene rings is 2. The number of imidazole rings is 1. The topological polar surface area (TPSA) is 80.3 Å². The lowest BCUT2D eigenvalue weighted by Crippen LogP contribution is -2.25. The molecule has 0 N–H and O–H groups in total. The molecule has 0 saturated heterocycles. The summed E-state index contributed by atoms with van der Waals surface area (Å²) in [7, 11) is 1.67. The first kappa shape index (κ1) is 18.9. The van der Waals surface area contributed by atoms with Crippen LogP contribution in [0.2, 0.25) is 0 Å². The lowest BCUT2D eigenvalue weighted by molar-refractivity contribution is 0.0787. The Bertz CT molecular complexity index is 1340. The van der Waals surface area contributed by atoms with Crippen molar-refractivity contribution >= 4 is 5.91 Å². The van der Waals surface area contributed by atoms with Crippen LogP contribution in [-0.4, -0.2) is 42.4 Å². The number of carbonyl (C=O) groups is 1. The van der Waals surface area contributed by atoms with Crippen molar-refractivity contribution in [1.29, 1.82) is 0 Å². The van der Waals surface area contributed by atoms with E-state index in [9.17, 15) is 9.18 Å². The molecule has 0 saturated carbocycles. The second-order valence-electron chi connectivity index (χ2n) is 8.16. The highest BCUT2D eigenvalue weighted by molar-refractivity contribution is 5.98. The van der Waals surface area contributed by atoms with Crippen molar-refractivity contribution in [2.75, 3.05) is 7.05 Å². The van der Waals surface area contributed by atoms with E-state index in [1.165, 1.54) is 28.2 Å². The lowest BCUT2D eigenvalue weighted by Gasteiger charge is -2.14. The summed E-state index contributed by atoms with van der Waals surface area (Å²) in [5.74, 6) is 0.167. The number of aromatic nitrogens is 4. The third-order valence-corrected chi connectivity index (χ3v) is 5.99. The number of hydrogen-bond acceptors (Lipinski definition) is 6. The van der Waals surface area contributed by atoms with Gasteiger partial charge in [-0.2, -0.15) is 4.98 Å². The molecule has 2 aromatic heterocycles. The van der Waals surface area contributed by atoms with Gasteiger partial charge in [-0.25, -0.2) is 9.37 Å². The monoisotopic (exact) mass is 430 g/mol. The normalized spacial score (nSPS) is 15.4. The Morgan fingerprint density at radius 1 is 1.09 bits per heavy atom. The maximum Gasteiger partial charge on any atom is 0.278 e. The van der Waals surface area contributed by atoms with Gasteiger partial charge in [-0.3, -0.25) is 14.3 Å². The van der Waals surface area contributed by atoms with Gasteiger partial charge in [-0.1, -0.05) is 29.4 Å². The van der Waals surface area contributed by atoms with E-state index < -0.39 is 5.82 Å². The number of carbonyl (C=O) groups excluding carboxylic acids is 1. The van der Waals surface area contributed by atoms with Crippen molar-refractivity contribution in [1.82, 2.24) is 29.5 Å². The number of hydrogen-bond donors (Lipinski definition) is 0. The first-order valence-corrected chi connectivity index (χ1v) is 10.3. The van der Waals surface area contributed by atoms with E-state index in [1.807, 2.05) is 12.1 Å². The fraction of sp³-hybridized carbons (Fsp3) is 0.217. The number of nitrogens with zero attached hydrogens (tertiary/aromatic N) is 6. The van der Waals surface area contributed by atoms with Crippen LogP contribution in [0.15, 0.2) is 53.3 Å². The van der Waals surface area contributed by atoms with Crippen LogP contribution in [0.25, 0.3) is 17.3 Å². The fourth-order valence-electron chi connectivity index (χ4n) is 4.43. The summed E-state index contributed by atoms with van der Waals surface area (Å²) in [5.41, 5.74) is 4.75. The van der Waals surface area contributed by atoms with Crippen LogP contribution in [0.5, 0.6) is 0 Å². The van der Waals surface area contributed by atoms with E-state index in [-0.39, 0.29) is 18.0 Å². The molecule has 160 valence electrons. The number of rotatable bonds is 3. The molecular formula is C23H19FN6O2. The van der Waals surface area contributed by atoms with Crippen LogP contribution in [0.1, 0.15) is 33.0 Å². The van der Waals surface area contributed by atoms with E-state index in [2.05, 4.69) is 32.2 Å². The van der Waals surface area contributed by atoms with Crippen molar-refractivity contribution in [2.45, 2.75) is 26.2 Å². The summed E-state index contributed by atoms with van der Waals surface area (Å²) in [6.07, 6.45) is 1.61. The van der Waals surface area contributed by atoms with Gasteiger partial charge in [-0.15, -0.1) is 0 Å². The first-order valence-electron chi connectivity index (χ1n) is 10.3. The molecule has 0 radical (unpaired) electrons. The predicted molar refractivity (Wildman–Crippen MR) is 112 cm³/mol. The lowest BCUT2D eigenvalue weighted by atomic mass is 10.1. The molecule has 4 heterocycles. The van der Waals surface area contributed by atoms with Crippen LogP contribution in [0.4, 0.5) is 4.39 Å². The van der Waals surface area contributed by atoms with Crippen molar-refractivity contribution in [3.8, 4) is 17.3 Å². The highest BCUT2D eigenvalue weighted by Gasteiger charge is 2.29. The molecule has 4 aromatic rings. The van der Waals surface area contributed by atoms with Gasteiger partial charge in [0.05, 0.1) is 30.0 Å². The minimum atomic E-state index is -0.458. The Balaban J connectivity index is 1.31. The SMILES string of the molecule is CN1Cc2c(-c3nc(CN4Cc5ccccc5C4)no3)ncn2-c2ccc(F)cc2C1=O. The summed E-state index contributed by atoms with van der Waals surface area (Å²) in [5, 5.41) is 4.15. The van der Waals surface area contributed by atoms with Gasteiger partial charge in [0.1, 0.15) is 12.1 Å². The van der Waals surface area contributed by atoms with E-state index in [0.29, 0.717) is 29.6 Å². The maximum atomic E-state index is 13.8. The molecular weight excluding hydrogens is 411 g/mol. The average Bonchev–Trinajstić information content (AvgIpc) is 3.50. The van der Waals surface area contributed by atoms with E-state index in [0.717, 1.165) is 18.8 Å². The largest absolute Gasteiger partial charge is 0.336 e.